The van der Waals surface area contributed by atoms with Crippen LogP contribution < -0.4 is 0 Å². The maximum Gasteiger partial charge on any atom is 0.306 e. The van der Waals surface area contributed by atoms with Crippen molar-refractivity contribution in [2.24, 2.45) is 29.1 Å². The standard InChI is InChI=1S/C32H48O4/c1-3-4-11-22(31(35)36)12-9-7-5-6-8-10-13-24-21-32(2)28(18-19-29(32)34)27-16-14-23-20-25(33)15-17-26(23)30(24)27/h15,17,20,22,24,27-28,30,33H,3-14,16,18-19,21H2,1-2H3,(H,35,36)/t22?,24-,27?,28?,30?,32-/m0/s1. The zero-order chi connectivity index (χ0) is 25.7. The lowest BCUT2D eigenvalue weighted by molar-refractivity contribution is -0.142. The van der Waals surface area contributed by atoms with Gasteiger partial charge in [-0.15, -0.1) is 0 Å². The van der Waals surface area contributed by atoms with Gasteiger partial charge in [-0.25, -0.2) is 0 Å². The fourth-order valence-corrected chi connectivity index (χ4v) is 8.27. The number of carbonyl (C=O) groups excluding carboxylic acids is 1. The molecule has 4 unspecified atom stereocenters. The molecule has 0 amide bonds. The Bertz CT molecular complexity index is 907. The van der Waals surface area contributed by atoms with Crippen molar-refractivity contribution in [3.63, 3.8) is 0 Å². The Morgan fingerprint density at radius 2 is 1.75 bits per heavy atom. The number of carboxylic acids is 1. The third-order valence-electron chi connectivity index (χ3n) is 10.2. The maximum absolute atomic E-state index is 13.0. The van der Waals surface area contributed by atoms with Crippen LogP contribution in [-0.2, 0) is 16.0 Å². The van der Waals surface area contributed by atoms with Crippen LogP contribution in [-0.4, -0.2) is 22.0 Å². The molecule has 0 aliphatic heterocycles. The van der Waals surface area contributed by atoms with Crippen LogP contribution in [0.15, 0.2) is 18.2 Å². The van der Waals surface area contributed by atoms with Gasteiger partial charge in [0.05, 0.1) is 5.92 Å². The fraction of sp³-hybridized carbons (Fsp3) is 0.750. The second kappa shape index (κ2) is 12.1. The number of fused-ring (bicyclic) bond motifs is 5. The van der Waals surface area contributed by atoms with Crippen molar-refractivity contribution < 1.29 is 19.8 Å². The zero-order valence-corrected chi connectivity index (χ0v) is 22.6. The molecule has 0 heterocycles. The summed E-state index contributed by atoms with van der Waals surface area (Å²) in [5.41, 5.74) is 2.65. The summed E-state index contributed by atoms with van der Waals surface area (Å²) in [7, 11) is 0. The average molecular weight is 497 g/mol. The molecule has 1 aromatic rings. The van der Waals surface area contributed by atoms with E-state index in [4.69, 9.17) is 0 Å². The number of hydrogen-bond donors (Lipinski definition) is 2. The van der Waals surface area contributed by atoms with Gasteiger partial charge in [0.15, 0.2) is 0 Å². The van der Waals surface area contributed by atoms with Crippen LogP contribution in [0.1, 0.15) is 127 Å². The highest BCUT2D eigenvalue weighted by Gasteiger charge is 2.57. The summed E-state index contributed by atoms with van der Waals surface area (Å²) in [6.45, 7) is 4.39. The Hall–Kier alpha value is -1.84. The SMILES string of the molecule is CCCCC(CCCCCCCC[C@H]1C[C@]2(C)C(=O)CCC2C2CCc3cc(O)ccc3C21)C(=O)O. The molecule has 36 heavy (non-hydrogen) atoms. The summed E-state index contributed by atoms with van der Waals surface area (Å²) in [6, 6.07) is 6.02. The summed E-state index contributed by atoms with van der Waals surface area (Å²) in [4.78, 5) is 24.4. The molecule has 4 heteroatoms. The lowest BCUT2D eigenvalue weighted by atomic mass is 9.51. The number of Topliss-reactive ketones (excluding diaryl/α,β-unsaturated/α-hetero) is 1. The largest absolute Gasteiger partial charge is 0.508 e. The Balaban J connectivity index is 1.29. The molecule has 3 aliphatic rings. The van der Waals surface area contributed by atoms with E-state index in [9.17, 15) is 19.8 Å². The van der Waals surface area contributed by atoms with E-state index in [2.05, 4.69) is 19.9 Å². The van der Waals surface area contributed by atoms with Gasteiger partial charge in [-0.3, -0.25) is 9.59 Å². The molecule has 4 nitrogen and oxygen atoms in total. The van der Waals surface area contributed by atoms with Crippen molar-refractivity contribution in [3.05, 3.63) is 29.3 Å². The molecule has 2 N–H and O–H groups in total. The highest BCUT2D eigenvalue weighted by Crippen LogP contribution is 2.62. The van der Waals surface area contributed by atoms with Gasteiger partial charge >= 0.3 is 5.97 Å². The fourth-order valence-electron chi connectivity index (χ4n) is 8.27. The molecule has 200 valence electrons. The molecular weight excluding hydrogens is 448 g/mol. The minimum atomic E-state index is -0.620. The number of ketones is 1. The Labute approximate surface area is 218 Å². The van der Waals surface area contributed by atoms with Crippen LogP contribution in [0.3, 0.4) is 0 Å². The number of unbranched alkanes of at least 4 members (excludes halogenated alkanes) is 6. The molecule has 6 atom stereocenters. The van der Waals surface area contributed by atoms with Gasteiger partial charge in [0, 0.05) is 11.8 Å². The number of phenolic OH excluding ortho intramolecular Hbond substituents is 1. The molecule has 2 fully saturated rings. The highest BCUT2D eigenvalue weighted by atomic mass is 16.4. The van der Waals surface area contributed by atoms with Gasteiger partial charge in [-0.2, -0.15) is 0 Å². The number of carboxylic acid groups (broad SMARTS) is 1. The van der Waals surface area contributed by atoms with Crippen LogP contribution >= 0.6 is 0 Å². The van der Waals surface area contributed by atoms with Gasteiger partial charge in [0.1, 0.15) is 11.5 Å². The monoisotopic (exact) mass is 496 g/mol. The topological polar surface area (TPSA) is 74.6 Å². The normalized spacial score (nSPS) is 29.9. The number of aromatic hydroxyl groups is 1. The van der Waals surface area contributed by atoms with Crippen LogP contribution in [0.2, 0.25) is 0 Å². The van der Waals surface area contributed by atoms with Gasteiger partial charge in [0.25, 0.3) is 0 Å². The second-order valence-electron chi connectivity index (χ2n) is 12.4. The summed E-state index contributed by atoms with van der Waals surface area (Å²) >= 11 is 0. The molecule has 0 aromatic heterocycles. The number of aliphatic carboxylic acids is 1. The number of hydrogen-bond acceptors (Lipinski definition) is 3. The average Bonchev–Trinajstić information content (AvgIpc) is 3.15. The molecule has 0 radical (unpaired) electrons. The van der Waals surface area contributed by atoms with Gasteiger partial charge in [0.2, 0.25) is 0 Å². The minimum Gasteiger partial charge on any atom is -0.508 e. The van der Waals surface area contributed by atoms with Crippen molar-refractivity contribution in [3.8, 4) is 5.75 Å². The number of benzene rings is 1. The number of phenols is 1. The van der Waals surface area contributed by atoms with E-state index in [0.717, 1.165) is 70.6 Å². The molecular formula is C32H48O4. The Morgan fingerprint density at radius 3 is 2.50 bits per heavy atom. The van der Waals surface area contributed by atoms with E-state index in [1.165, 1.54) is 43.2 Å². The van der Waals surface area contributed by atoms with Crippen molar-refractivity contribution in [2.45, 2.75) is 122 Å². The quantitative estimate of drug-likeness (QED) is 0.271. The summed E-state index contributed by atoms with van der Waals surface area (Å²) in [5, 5.41) is 19.5. The predicted octanol–water partition coefficient (Wildman–Crippen LogP) is 8.06. The van der Waals surface area contributed by atoms with Crippen molar-refractivity contribution >= 4 is 11.8 Å². The van der Waals surface area contributed by atoms with Crippen LogP contribution in [0.4, 0.5) is 0 Å². The van der Waals surface area contributed by atoms with E-state index in [1.54, 1.807) is 0 Å². The third kappa shape index (κ3) is 5.83. The summed E-state index contributed by atoms with van der Waals surface area (Å²) in [5.74, 6) is 2.32. The molecule has 0 saturated heterocycles. The van der Waals surface area contributed by atoms with Crippen LogP contribution in [0.25, 0.3) is 0 Å². The van der Waals surface area contributed by atoms with E-state index in [-0.39, 0.29) is 11.3 Å². The zero-order valence-electron chi connectivity index (χ0n) is 22.6. The highest BCUT2D eigenvalue weighted by molar-refractivity contribution is 5.87. The number of carbonyl (C=O) groups is 2. The van der Waals surface area contributed by atoms with E-state index in [1.807, 2.05) is 12.1 Å². The summed E-state index contributed by atoms with van der Waals surface area (Å²) < 4.78 is 0. The maximum atomic E-state index is 13.0. The predicted molar refractivity (Wildman–Crippen MR) is 144 cm³/mol. The Kier molecular flexibility index (Phi) is 9.17. The lowest BCUT2D eigenvalue weighted by Gasteiger charge is -2.52. The first kappa shape index (κ1) is 27.2. The van der Waals surface area contributed by atoms with Gasteiger partial charge < -0.3 is 10.2 Å². The lowest BCUT2D eigenvalue weighted by Crippen LogP contribution is -2.46. The molecule has 0 spiro atoms. The first-order chi connectivity index (χ1) is 17.3. The van der Waals surface area contributed by atoms with Crippen molar-refractivity contribution in [1.29, 1.82) is 0 Å². The smallest absolute Gasteiger partial charge is 0.306 e. The molecule has 1 aromatic carbocycles. The second-order valence-corrected chi connectivity index (χ2v) is 12.4. The van der Waals surface area contributed by atoms with Crippen LogP contribution in [0.5, 0.6) is 5.75 Å². The van der Waals surface area contributed by atoms with Crippen molar-refractivity contribution in [2.75, 3.05) is 0 Å². The number of aryl methyl sites for hydroxylation is 1. The van der Waals surface area contributed by atoms with Crippen LogP contribution in [0, 0.1) is 29.1 Å². The summed E-state index contributed by atoms with van der Waals surface area (Å²) in [6.07, 6.45) is 17.0. The van der Waals surface area contributed by atoms with E-state index < -0.39 is 5.97 Å². The molecule has 0 bridgehead atoms. The van der Waals surface area contributed by atoms with Crippen molar-refractivity contribution in [1.82, 2.24) is 0 Å². The number of rotatable bonds is 13. The third-order valence-corrected chi connectivity index (χ3v) is 10.2. The Morgan fingerprint density at radius 1 is 1.03 bits per heavy atom. The van der Waals surface area contributed by atoms with E-state index >= 15 is 0 Å². The molecule has 4 rings (SSSR count). The van der Waals surface area contributed by atoms with Gasteiger partial charge in [-0.1, -0.05) is 71.3 Å². The molecule has 2 saturated carbocycles. The molecule has 3 aliphatic carbocycles. The first-order valence-electron chi connectivity index (χ1n) is 14.9. The first-order valence-corrected chi connectivity index (χ1v) is 14.9. The van der Waals surface area contributed by atoms with Gasteiger partial charge in [-0.05, 0) is 91.9 Å². The minimum absolute atomic E-state index is 0.126. The van der Waals surface area contributed by atoms with E-state index in [0.29, 0.717) is 35.2 Å².